The number of rotatable bonds is 20. The number of nitrogens with zero attached hydrogens (tertiary/aromatic N) is 3. The number of pyridine rings is 2. The Kier molecular flexibility index (Phi) is 41.1. The fourth-order valence-corrected chi connectivity index (χ4v) is 6.78. The van der Waals surface area contributed by atoms with Crippen LogP contribution in [-0.2, 0) is 23.9 Å². The molecule has 0 spiro atoms. The fourth-order valence-electron chi connectivity index (χ4n) is 6.78. The molecule has 2 atom stereocenters. The average Bonchev–Trinajstić information content (AvgIpc) is 3.38. The van der Waals surface area contributed by atoms with Gasteiger partial charge in [-0.15, -0.1) is 0 Å². The largest absolute Gasteiger partial charge is 0.491 e. The summed E-state index contributed by atoms with van der Waals surface area (Å²) in [6, 6.07) is 19.9. The fraction of sp³-hybridized carbons (Fsp3) is 0.552. The zero-order valence-electron chi connectivity index (χ0n) is 45.4. The van der Waals surface area contributed by atoms with Crippen LogP contribution >= 0.6 is 0 Å². The van der Waals surface area contributed by atoms with E-state index in [2.05, 4.69) is 111 Å². The summed E-state index contributed by atoms with van der Waals surface area (Å²) >= 11 is 0. The zero-order chi connectivity index (χ0) is 52.4. The molecule has 1 aliphatic rings. The van der Waals surface area contributed by atoms with Gasteiger partial charge in [-0.2, -0.15) is 0 Å². The molecule has 1 N–H and O–H groups in total. The molecular weight excluding hydrogens is 865 g/mol. The molecular formula is C58H92N4O7. The van der Waals surface area contributed by atoms with E-state index in [9.17, 15) is 14.4 Å². The number of aryl methyl sites for hydroxylation is 4. The third-order valence-electron chi connectivity index (χ3n) is 11.3. The topological polar surface area (TPSA) is 137 Å². The first-order valence-electron chi connectivity index (χ1n) is 25.4. The number of nitrogens with one attached hydrogen (secondary N) is 1. The minimum absolute atomic E-state index is 0.125. The predicted octanol–water partition coefficient (Wildman–Crippen LogP) is 12.8. The maximum absolute atomic E-state index is 10.1. The average molecular weight is 957 g/mol. The number of aldehydes is 4. The van der Waals surface area contributed by atoms with Crippen molar-refractivity contribution in [2.45, 2.75) is 166 Å². The SMILES string of the molecule is CC.CC.CC=O.CCC(CC)N1CCC(Oc2ccc(-c3ccc(-c4cnccc4C)c(C)c3)cn2)CC1.CCCOCCOc1ccc(C)c(C)c1.CNC(C)C(C)C=O.O=CCCCC=O. The minimum atomic E-state index is 0.125. The Morgan fingerprint density at radius 1 is 0.725 bits per heavy atom. The van der Waals surface area contributed by atoms with Crippen LogP contribution in [0.3, 0.4) is 0 Å². The van der Waals surface area contributed by atoms with Crippen molar-refractivity contribution >= 4 is 25.1 Å². The first-order chi connectivity index (χ1) is 33.4. The van der Waals surface area contributed by atoms with Gasteiger partial charge in [0, 0.05) is 86.3 Å². The number of hydrogen-bond donors (Lipinski definition) is 1. The molecule has 4 aromatic rings. The number of likely N-dealkylation sites (tertiary alicyclic amines) is 1. The van der Waals surface area contributed by atoms with Gasteiger partial charge in [0.05, 0.1) is 6.61 Å². The van der Waals surface area contributed by atoms with Gasteiger partial charge in [0.25, 0.3) is 0 Å². The molecule has 386 valence electrons. The Morgan fingerprint density at radius 2 is 1.35 bits per heavy atom. The molecule has 2 aromatic heterocycles. The Labute approximate surface area is 419 Å². The number of aromatic nitrogens is 2. The maximum Gasteiger partial charge on any atom is 0.213 e. The Balaban J connectivity index is 0. The lowest BCUT2D eigenvalue weighted by Gasteiger charge is -2.36. The molecule has 0 radical (unpaired) electrons. The third-order valence-corrected chi connectivity index (χ3v) is 11.3. The zero-order valence-corrected chi connectivity index (χ0v) is 45.4. The van der Waals surface area contributed by atoms with E-state index < -0.39 is 0 Å². The van der Waals surface area contributed by atoms with Crippen molar-refractivity contribution in [3.05, 3.63) is 95.4 Å². The Hall–Kier alpha value is -5.10. The molecule has 1 fully saturated rings. The monoisotopic (exact) mass is 957 g/mol. The van der Waals surface area contributed by atoms with Gasteiger partial charge in [-0.25, -0.2) is 4.98 Å². The molecule has 5 rings (SSSR count). The van der Waals surface area contributed by atoms with Crippen molar-refractivity contribution in [3.63, 3.8) is 0 Å². The molecule has 0 aliphatic carbocycles. The number of unbranched alkanes of at least 4 members (excludes halogenated alkanes) is 2. The summed E-state index contributed by atoms with van der Waals surface area (Å²) in [5.74, 6) is 1.78. The molecule has 2 unspecified atom stereocenters. The van der Waals surface area contributed by atoms with Crippen LogP contribution in [0.15, 0.2) is 73.2 Å². The third kappa shape index (κ3) is 28.2. The van der Waals surface area contributed by atoms with Crippen LogP contribution in [0.25, 0.3) is 22.3 Å². The van der Waals surface area contributed by atoms with Gasteiger partial charge in [0.2, 0.25) is 5.88 Å². The van der Waals surface area contributed by atoms with Crippen molar-refractivity contribution in [3.8, 4) is 33.9 Å². The molecule has 11 nitrogen and oxygen atoms in total. The van der Waals surface area contributed by atoms with Crippen LogP contribution in [0.4, 0.5) is 0 Å². The predicted molar refractivity (Wildman–Crippen MR) is 289 cm³/mol. The van der Waals surface area contributed by atoms with E-state index in [0.29, 0.717) is 44.6 Å². The van der Waals surface area contributed by atoms with Crippen LogP contribution in [-0.4, -0.2) is 98.2 Å². The number of hydrogen-bond acceptors (Lipinski definition) is 11. The number of piperidine rings is 1. The molecule has 2 aromatic carbocycles. The second kappa shape index (κ2) is 43.0. The van der Waals surface area contributed by atoms with Gasteiger partial charge in [-0.1, -0.05) is 79.7 Å². The van der Waals surface area contributed by atoms with Crippen LogP contribution < -0.4 is 14.8 Å². The summed E-state index contributed by atoms with van der Waals surface area (Å²) in [5, 5.41) is 2.98. The first-order valence-corrected chi connectivity index (χ1v) is 25.4. The van der Waals surface area contributed by atoms with Gasteiger partial charge < -0.3 is 43.6 Å². The molecule has 3 heterocycles. The van der Waals surface area contributed by atoms with E-state index in [1.54, 1.807) is 0 Å². The van der Waals surface area contributed by atoms with Crippen LogP contribution in [0, 0.1) is 33.6 Å². The molecule has 0 amide bonds. The van der Waals surface area contributed by atoms with Crippen molar-refractivity contribution < 1.29 is 33.4 Å². The molecule has 11 heteroatoms. The summed E-state index contributed by atoms with van der Waals surface area (Å²) in [6.07, 6.45) is 16.7. The van der Waals surface area contributed by atoms with Crippen molar-refractivity contribution in [2.24, 2.45) is 5.92 Å². The number of carbonyl (C=O) groups excluding carboxylic acids is 4. The lowest BCUT2D eigenvalue weighted by Crippen LogP contribution is -2.43. The molecule has 0 saturated carbocycles. The highest BCUT2D eigenvalue weighted by atomic mass is 16.5. The van der Waals surface area contributed by atoms with Gasteiger partial charge in [-0.3, -0.25) is 4.98 Å². The lowest BCUT2D eigenvalue weighted by atomic mass is 9.95. The standard InChI is InChI=1S/C28H35N3O.C13H20O2.C6H13NO.C5H8O2.C2H4O.2C2H6/c1-5-24(6-2)31-15-12-25(13-16-31)32-28-10-8-23(18-30-28)22-7-9-26(21(4)17-22)27-19-29-14-11-20(27)3;1-4-7-14-8-9-15-13-6-5-11(2)12(3)10-13;1-5(4-8)6(2)7-3;6-4-2-1-3-5-7;1-2-3;2*1-2/h7-11,14,17-19,24-25H,5-6,12-13,15-16H2,1-4H3;5-6,10H,4,7-9H2,1-3H3;4-7H,1-3H3;4-5H,1-3H2;2H,1H3;2*1-2H3. The first kappa shape index (κ1) is 66.0. The van der Waals surface area contributed by atoms with E-state index in [1.165, 1.54) is 58.7 Å². The summed E-state index contributed by atoms with van der Waals surface area (Å²) in [5.41, 5.74) is 9.74. The summed E-state index contributed by atoms with van der Waals surface area (Å²) in [7, 11) is 1.85. The Morgan fingerprint density at radius 3 is 1.83 bits per heavy atom. The molecule has 1 saturated heterocycles. The lowest BCUT2D eigenvalue weighted by molar-refractivity contribution is -0.111. The van der Waals surface area contributed by atoms with Crippen molar-refractivity contribution in [1.82, 2.24) is 20.2 Å². The second-order valence-electron chi connectivity index (χ2n) is 16.2. The van der Waals surface area contributed by atoms with Gasteiger partial charge in [-0.05, 0) is 145 Å². The number of benzene rings is 2. The summed E-state index contributed by atoms with van der Waals surface area (Å²) in [4.78, 5) is 49.5. The van der Waals surface area contributed by atoms with Crippen molar-refractivity contribution in [2.75, 3.05) is 40.0 Å². The normalized spacial score (nSPS) is 12.5. The molecule has 69 heavy (non-hydrogen) atoms. The molecule has 1 aliphatic heterocycles. The highest BCUT2D eigenvalue weighted by Gasteiger charge is 2.24. The van der Waals surface area contributed by atoms with E-state index >= 15 is 0 Å². The van der Waals surface area contributed by atoms with Gasteiger partial charge in [0.1, 0.15) is 43.6 Å². The van der Waals surface area contributed by atoms with E-state index in [4.69, 9.17) is 19.0 Å². The molecule has 0 bridgehead atoms. The van der Waals surface area contributed by atoms with E-state index in [0.717, 1.165) is 81.3 Å². The highest BCUT2D eigenvalue weighted by molar-refractivity contribution is 5.74. The highest BCUT2D eigenvalue weighted by Crippen LogP contribution is 2.30. The van der Waals surface area contributed by atoms with Crippen LogP contribution in [0.5, 0.6) is 11.6 Å². The van der Waals surface area contributed by atoms with Crippen molar-refractivity contribution in [1.29, 1.82) is 0 Å². The van der Waals surface area contributed by atoms with Crippen LogP contribution in [0.1, 0.15) is 143 Å². The second-order valence-corrected chi connectivity index (χ2v) is 16.2. The van der Waals surface area contributed by atoms with E-state index in [-0.39, 0.29) is 12.0 Å². The summed E-state index contributed by atoms with van der Waals surface area (Å²) in [6.45, 7) is 32.8. The van der Waals surface area contributed by atoms with Crippen LogP contribution in [0.2, 0.25) is 0 Å². The maximum atomic E-state index is 10.1. The minimum Gasteiger partial charge on any atom is -0.491 e. The Bertz CT molecular complexity index is 1890. The van der Waals surface area contributed by atoms with E-state index in [1.807, 2.05) is 79.3 Å². The smallest absolute Gasteiger partial charge is 0.213 e. The number of carbonyl (C=O) groups is 4. The summed E-state index contributed by atoms with van der Waals surface area (Å²) < 4.78 is 17.1. The quantitative estimate of drug-likeness (QED) is 0.0669. The van der Waals surface area contributed by atoms with Gasteiger partial charge >= 0.3 is 0 Å². The van der Waals surface area contributed by atoms with Gasteiger partial charge in [0.15, 0.2) is 0 Å². The number of ether oxygens (including phenoxy) is 3.